The van der Waals surface area contributed by atoms with Gasteiger partial charge in [-0.3, -0.25) is 14.6 Å². The van der Waals surface area contributed by atoms with Crippen LogP contribution in [-0.2, 0) is 4.74 Å². The molecule has 1 atom stereocenters. The van der Waals surface area contributed by atoms with Gasteiger partial charge in [0, 0.05) is 24.0 Å². The number of nitrogens with one attached hydrogen (secondary N) is 1. The zero-order valence-corrected chi connectivity index (χ0v) is 20.7. The fourth-order valence-electron chi connectivity index (χ4n) is 4.43. The number of rotatable bonds is 6. The smallest absolute Gasteiger partial charge is 0.277 e. The molecular weight excluding hydrogens is 482 g/mol. The Hall–Kier alpha value is -2.97. The molecule has 182 valence electrons. The maximum Gasteiger partial charge on any atom is 0.277 e. The molecule has 5 rings (SSSR count). The van der Waals surface area contributed by atoms with Gasteiger partial charge in [-0.15, -0.1) is 0 Å². The van der Waals surface area contributed by atoms with E-state index in [1.54, 1.807) is 12.1 Å². The predicted molar refractivity (Wildman–Crippen MR) is 138 cm³/mol. The van der Waals surface area contributed by atoms with Crippen molar-refractivity contribution in [3.05, 3.63) is 111 Å². The van der Waals surface area contributed by atoms with E-state index in [0.717, 1.165) is 48.9 Å². The predicted octanol–water partition coefficient (Wildman–Crippen LogP) is 5.75. The van der Waals surface area contributed by atoms with Crippen molar-refractivity contribution in [2.75, 3.05) is 13.2 Å². The van der Waals surface area contributed by atoms with Crippen molar-refractivity contribution in [2.24, 2.45) is 0 Å². The minimum Gasteiger partial charge on any atom is -0.858 e. The third kappa shape index (κ3) is 5.33. The van der Waals surface area contributed by atoms with Crippen molar-refractivity contribution in [3.63, 3.8) is 0 Å². The maximum atomic E-state index is 13.5. The van der Waals surface area contributed by atoms with Gasteiger partial charge in [-0.25, -0.2) is 0 Å². The van der Waals surface area contributed by atoms with Gasteiger partial charge in [0.05, 0.1) is 16.0 Å². The molecule has 4 N–H and O–H groups in total. The topological polar surface area (TPSA) is 105 Å². The van der Waals surface area contributed by atoms with Gasteiger partial charge in [0.15, 0.2) is 0 Å². The summed E-state index contributed by atoms with van der Waals surface area (Å²) in [6.07, 6.45) is 2.03. The highest BCUT2D eigenvalue weighted by Gasteiger charge is 2.22. The highest BCUT2D eigenvalue weighted by Crippen LogP contribution is 2.38. The summed E-state index contributed by atoms with van der Waals surface area (Å²) in [5, 5.41) is 16.8. The summed E-state index contributed by atoms with van der Waals surface area (Å²) in [6.45, 7) is 1.57. The molecule has 0 spiro atoms. The third-order valence-corrected chi connectivity index (χ3v) is 7.79. The number of ether oxygens (including phenoxy) is 1. The van der Waals surface area contributed by atoms with Gasteiger partial charge in [-0.05, 0) is 47.6 Å². The Morgan fingerprint density at radius 3 is 2.26 bits per heavy atom. The van der Waals surface area contributed by atoms with Gasteiger partial charge in [0.1, 0.15) is 0 Å². The SMILES string of the molecule is N.O=c1[nH]n(C(c2ccccc2)c2ccc(C3CCOCC3)cc2)c([O-])c1Sc1ccccc1Cl. The van der Waals surface area contributed by atoms with E-state index in [9.17, 15) is 9.90 Å². The van der Waals surface area contributed by atoms with Crippen LogP contribution in [0.3, 0.4) is 0 Å². The number of benzene rings is 3. The Balaban J connectivity index is 0.00000289. The van der Waals surface area contributed by atoms with Crippen molar-refractivity contribution in [1.29, 1.82) is 0 Å². The molecule has 2 heterocycles. The zero-order chi connectivity index (χ0) is 23.5. The van der Waals surface area contributed by atoms with Crippen molar-refractivity contribution in [1.82, 2.24) is 15.9 Å². The Bertz CT molecular complexity index is 1320. The lowest BCUT2D eigenvalue weighted by atomic mass is 9.89. The zero-order valence-electron chi connectivity index (χ0n) is 19.2. The van der Waals surface area contributed by atoms with Crippen molar-refractivity contribution < 1.29 is 9.84 Å². The molecule has 0 bridgehead atoms. The molecule has 1 aromatic heterocycles. The molecule has 1 saturated heterocycles. The first kappa shape index (κ1) is 25.1. The normalized spacial score (nSPS) is 14.9. The molecule has 1 fully saturated rings. The second-order valence-electron chi connectivity index (χ2n) is 8.34. The fourth-order valence-corrected chi connectivity index (χ4v) is 5.54. The van der Waals surface area contributed by atoms with Gasteiger partial charge in [-0.2, -0.15) is 0 Å². The number of hydrogen-bond acceptors (Lipinski definition) is 5. The lowest BCUT2D eigenvalue weighted by molar-refractivity contribution is -0.284. The number of aromatic amines is 1. The highest BCUT2D eigenvalue weighted by molar-refractivity contribution is 7.99. The van der Waals surface area contributed by atoms with Crippen LogP contribution in [0.4, 0.5) is 0 Å². The fraction of sp³-hybridized carbons (Fsp3) is 0.222. The van der Waals surface area contributed by atoms with E-state index in [-0.39, 0.29) is 16.9 Å². The van der Waals surface area contributed by atoms with Gasteiger partial charge in [0.2, 0.25) is 0 Å². The molecule has 0 saturated carbocycles. The van der Waals surface area contributed by atoms with E-state index in [1.807, 2.05) is 42.5 Å². The van der Waals surface area contributed by atoms with Gasteiger partial charge in [0.25, 0.3) is 5.56 Å². The molecule has 0 radical (unpaired) electrons. The second kappa shape index (κ2) is 11.2. The molecule has 8 heteroatoms. The summed E-state index contributed by atoms with van der Waals surface area (Å²) >= 11 is 7.37. The van der Waals surface area contributed by atoms with E-state index in [4.69, 9.17) is 16.3 Å². The number of hydrogen-bond donors (Lipinski definition) is 2. The Morgan fingerprint density at radius 2 is 1.57 bits per heavy atom. The number of halogens is 1. The van der Waals surface area contributed by atoms with Gasteiger partial charge in [-0.1, -0.05) is 90.1 Å². The molecular formula is C27H27ClN3O3S-. The van der Waals surface area contributed by atoms with Crippen LogP contribution in [0.2, 0.25) is 5.02 Å². The van der Waals surface area contributed by atoms with Crippen LogP contribution in [-0.4, -0.2) is 23.0 Å². The minimum atomic E-state index is -0.453. The third-order valence-electron chi connectivity index (χ3n) is 6.21. The summed E-state index contributed by atoms with van der Waals surface area (Å²) in [5.74, 6) is 0.121. The van der Waals surface area contributed by atoms with Crippen LogP contribution in [0.1, 0.15) is 41.5 Å². The first-order valence-corrected chi connectivity index (χ1v) is 12.5. The average molecular weight is 509 g/mol. The van der Waals surface area contributed by atoms with Crippen molar-refractivity contribution in [3.8, 4) is 5.88 Å². The summed E-state index contributed by atoms with van der Waals surface area (Å²) in [4.78, 5) is 13.6. The van der Waals surface area contributed by atoms with Crippen molar-refractivity contribution in [2.45, 2.75) is 34.6 Å². The largest absolute Gasteiger partial charge is 0.858 e. The van der Waals surface area contributed by atoms with E-state index < -0.39 is 11.6 Å². The van der Waals surface area contributed by atoms with Crippen LogP contribution in [0.5, 0.6) is 5.88 Å². The maximum absolute atomic E-state index is 13.5. The molecule has 35 heavy (non-hydrogen) atoms. The summed E-state index contributed by atoms with van der Waals surface area (Å²) < 4.78 is 6.92. The van der Waals surface area contributed by atoms with Crippen molar-refractivity contribution >= 4 is 23.4 Å². The monoisotopic (exact) mass is 508 g/mol. The lowest BCUT2D eigenvalue weighted by Crippen LogP contribution is -2.18. The van der Waals surface area contributed by atoms with Crippen LogP contribution >= 0.6 is 23.4 Å². The molecule has 1 aliphatic rings. The first-order valence-electron chi connectivity index (χ1n) is 11.3. The summed E-state index contributed by atoms with van der Waals surface area (Å²) in [5.41, 5.74) is 2.70. The first-order chi connectivity index (χ1) is 16.6. The van der Waals surface area contributed by atoms with Crippen LogP contribution in [0.15, 0.2) is 93.4 Å². The second-order valence-corrected chi connectivity index (χ2v) is 9.80. The van der Waals surface area contributed by atoms with E-state index in [2.05, 4.69) is 29.4 Å². The van der Waals surface area contributed by atoms with Crippen LogP contribution in [0.25, 0.3) is 0 Å². The quantitative estimate of drug-likeness (QED) is 0.345. The molecule has 3 aromatic carbocycles. The standard InChI is InChI=1S/C27H25ClN2O3S.H3N/c28-22-8-4-5-9-23(22)34-25-26(31)29-30(27(25)32)24(20-6-2-1-3-7-20)21-12-10-18(11-13-21)19-14-16-33-17-15-19;/h1-13,19,24,32H,14-17H2,(H,29,31);1H3/p-1. The van der Waals surface area contributed by atoms with E-state index in [1.165, 1.54) is 10.2 Å². The number of H-pyrrole nitrogens is 1. The van der Waals surface area contributed by atoms with Gasteiger partial charge >= 0.3 is 0 Å². The average Bonchev–Trinajstić information content (AvgIpc) is 3.15. The van der Waals surface area contributed by atoms with Gasteiger partial charge < -0.3 is 16.0 Å². The molecule has 1 aliphatic heterocycles. The molecule has 0 aliphatic carbocycles. The molecule has 1 unspecified atom stereocenters. The Morgan fingerprint density at radius 1 is 0.943 bits per heavy atom. The minimum absolute atomic E-state index is 0. The Labute approximate surface area is 213 Å². The van der Waals surface area contributed by atoms with Crippen LogP contribution < -0.4 is 16.8 Å². The summed E-state index contributed by atoms with van der Waals surface area (Å²) in [6, 6.07) is 24.8. The number of nitrogens with zero attached hydrogens (tertiary/aromatic N) is 1. The van der Waals surface area contributed by atoms with E-state index >= 15 is 0 Å². The Kier molecular flexibility index (Phi) is 8.03. The van der Waals surface area contributed by atoms with E-state index in [0.29, 0.717) is 15.8 Å². The summed E-state index contributed by atoms with van der Waals surface area (Å²) in [7, 11) is 0. The number of aromatic nitrogens is 2. The molecule has 4 aromatic rings. The molecule has 6 nitrogen and oxygen atoms in total. The highest BCUT2D eigenvalue weighted by atomic mass is 35.5. The van der Waals surface area contributed by atoms with Crippen LogP contribution in [0, 0.1) is 0 Å². The lowest BCUT2D eigenvalue weighted by Gasteiger charge is -2.26. The molecule has 0 amide bonds.